The molecule has 10 heteroatoms. The number of carbonyl (C=O) groups is 1. The van der Waals surface area contributed by atoms with E-state index in [2.05, 4.69) is 15.7 Å². The Labute approximate surface area is 226 Å². The highest BCUT2D eigenvalue weighted by Gasteiger charge is 2.36. The molecule has 0 radical (unpaired) electrons. The fraction of sp³-hybridized carbons (Fsp3) is 0.462. The zero-order valence-electron chi connectivity index (χ0n) is 20.7. The van der Waals surface area contributed by atoms with Crippen LogP contribution in [0.3, 0.4) is 0 Å². The van der Waals surface area contributed by atoms with Crippen LogP contribution in [0.15, 0.2) is 46.2 Å². The fourth-order valence-corrected chi connectivity index (χ4v) is 5.67. The topological polar surface area (TPSA) is 74.6 Å². The lowest BCUT2D eigenvalue weighted by Crippen LogP contribution is -2.46. The van der Waals surface area contributed by atoms with Crippen LogP contribution in [0.4, 0.5) is 4.39 Å². The van der Waals surface area contributed by atoms with Gasteiger partial charge >= 0.3 is 0 Å². The Bertz CT molecular complexity index is 1070. The molecule has 0 bridgehead atoms. The number of hydrogen-bond donors (Lipinski definition) is 1. The van der Waals surface area contributed by atoms with Crippen molar-refractivity contribution in [2.24, 2.45) is 0 Å². The average Bonchev–Trinajstić information content (AvgIpc) is 2.86. The number of rotatable bonds is 11. The summed E-state index contributed by atoms with van der Waals surface area (Å²) in [4.78, 5) is 16.3. The molecule has 0 spiro atoms. The number of nitriles is 1. The van der Waals surface area contributed by atoms with Crippen molar-refractivity contribution in [3.63, 3.8) is 0 Å². The maximum absolute atomic E-state index is 13.2. The summed E-state index contributed by atoms with van der Waals surface area (Å²) >= 11 is 9.22. The summed E-state index contributed by atoms with van der Waals surface area (Å²) in [5.41, 5.74) is -0.557. The molecule has 1 amide bonds. The van der Waals surface area contributed by atoms with Gasteiger partial charge in [-0.3, -0.25) is 9.52 Å². The van der Waals surface area contributed by atoms with Gasteiger partial charge in [-0.25, -0.2) is 4.39 Å². The van der Waals surface area contributed by atoms with Crippen LogP contribution in [0.5, 0.6) is 5.75 Å². The maximum atomic E-state index is 13.2. The lowest BCUT2D eigenvalue weighted by Gasteiger charge is -2.32. The van der Waals surface area contributed by atoms with Gasteiger partial charge in [0.05, 0.1) is 10.6 Å². The van der Waals surface area contributed by atoms with Crippen molar-refractivity contribution in [2.45, 2.75) is 54.1 Å². The highest BCUT2D eigenvalue weighted by molar-refractivity contribution is 7.99. The molecule has 6 nitrogen and oxygen atoms in total. The van der Waals surface area contributed by atoms with E-state index in [4.69, 9.17) is 21.1 Å². The molecule has 0 aromatic heterocycles. The highest BCUT2D eigenvalue weighted by Crippen LogP contribution is 2.35. The normalized spacial score (nSPS) is 18.5. The Morgan fingerprint density at radius 3 is 2.69 bits per heavy atom. The Balaban J connectivity index is 1.69. The lowest BCUT2D eigenvalue weighted by molar-refractivity contribution is -0.148. The second-order valence-electron chi connectivity index (χ2n) is 9.06. The molecule has 1 aliphatic heterocycles. The summed E-state index contributed by atoms with van der Waals surface area (Å²) in [6.07, 6.45) is 3.05. The standard InChI is InChI=1S/C26H31ClFN3O3S2/c1-26(11-4-5-13-33-26)25(32)30-36-22-14-18(16-29)24(23(27)15-22)34-20(10-12-31(2)3)17-35-21-8-6-19(28)7-9-21/h6-9,14-15,20H,4-5,10-13,17H2,1-3H3,(H,30,32). The van der Waals surface area contributed by atoms with Gasteiger partial charge in [-0.05, 0) is 95.0 Å². The second-order valence-corrected chi connectivity index (χ2v) is 11.4. The van der Waals surface area contributed by atoms with Crippen molar-refractivity contribution in [1.82, 2.24) is 9.62 Å². The molecule has 36 heavy (non-hydrogen) atoms. The van der Waals surface area contributed by atoms with E-state index in [9.17, 15) is 14.4 Å². The van der Waals surface area contributed by atoms with Gasteiger partial charge in [0.2, 0.25) is 0 Å². The second kappa shape index (κ2) is 13.5. The van der Waals surface area contributed by atoms with Gasteiger partial charge in [0.25, 0.3) is 5.91 Å². The van der Waals surface area contributed by atoms with Crippen molar-refractivity contribution in [3.8, 4) is 11.8 Å². The van der Waals surface area contributed by atoms with E-state index in [1.54, 1.807) is 43.0 Å². The largest absolute Gasteiger partial charge is 0.487 e. The third-order valence-electron chi connectivity index (χ3n) is 5.78. The van der Waals surface area contributed by atoms with Crippen LogP contribution in [-0.2, 0) is 9.53 Å². The minimum Gasteiger partial charge on any atom is -0.487 e. The molecule has 1 aliphatic rings. The number of ether oxygens (including phenoxy) is 2. The van der Waals surface area contributed by atoms with E-state index in [-0.39, 0.29) is 17.8 Å². The smallest absolute Gasteiger partial charge is 0.262 e. The number of nitrogens with zero attached hydrogens (tertiary/aromatic N) is 2. The average molecular weight is 552 g/mol. The summed E-state index contributed by atoms with van der Waals surface area (Å²) in [6, 6.07) is 11.8. The van der Waals surface area contributed by atoms with Crippen molar-refractivity contribution in [1.29, 1.82) is 5.26 Å². The van der Waals surface area contributed by atoms with Crippen LogP contribution in [-0.4, -0.2) is 55.5 Å². The van der Waals surface area contributed by atoms with Gasteiger partial charge in [0.15, 0.2) is 5.75 Å². The Morgan fingerprint density at radius 2 is 2.06 bits per heavy atom. The van der Waals surface area contributed by atoms with E-state index in [0.717, 1.165) is 36.2 Å². The molecule has 2 unspecified atom stereocenters. The zero-order chi connectivity index (χ0) is 26.1. The van der Waals surface area contributed by atoms with Crippen molar-refractivity contribution < 1.29 is 18.7 Å². The molecule has 1 heterocycles. The van der Waals surface area contributed by atoms with E-state index >= 15 is 0 Å². The van der Waals surface area contributed by atoms with Crippen LogP contribution in [0.1, 0.15) is 38.2 Å². The molecular weight excluding hydrogens is 521 g/mol. The van der Waals surface area contributed by atoms with Crippen molar-refractivity contribution >= 4 is 41.2 Å². The first-order valence-electron chi connectivity index (χ1n) is 11.7. The van der Waals surface area contributed by atoms with Crippen LogP contribution >= 0.6 is 35.3 Å². The first kappa shape index (κ1) is 28.6. The SMILES string of the molecule is CN(C)CCC(CSc1ccc(F)cc1)Oc1c(Cl)cc(SNC(=O)C2(C)CCCCO2)cc1C#N. The quantitative estimate of drug-likeness (QED) is 0.274. The summed E-state index contributed by atoms with van der Waals surface area (Å²) in [5, 5.41) is 10.1. The van der Waals surface area contributed by atoms with Gasteiger partial charge in [-0.2, -0.15) is 5.26 Å². The molecule has 2 atom stereocenters. The van der Waals surface area contributed by atoms with Crippen LogP contribution < -0.4 is 9.46 Å². The number of halogens is 2. The number of benzene rings is 2. The zero-order valence-corrected chi connectivity index (χ0v) is 23.1. The molecule has 0 aliphatic carbocycles. The maximum Gasteiger partial charge on any atom is 0.262 e. The van der Waals surface area contributed by atoms with Gasteiger partial charge < -0.3 is 14.4 Å². The molecule has 2 aromatic carbocycles. The summed E-state index contributed by atoms with van der Waals surface area (Å²) in [6.45, 7) is 3.15. The Morgan fingerprint density at radius 1 is 1.31 bits per heavy atom. The number of thioether (sulfide) groups is 1. The Kier molecular flexibility index (Phi) is 10.8. The van der Waals surface area contributed by atoms with Gasteiger partial charge in [-0.1, -0.05) is 11.6 Å². The summed E-state index contributed by atoms with van der Waals surface area (Å²) in [7, 11) is 3.97. The fourth-order valence-electron chi connectivity index (χ4n) is 3.62. The monoisotopic (exact) mass is 551 g/mol. The molecule has 1 N–H and O–H groups in total. The van der Waals surface area contributed by atoms with E-state index in [0.29, 0.717) is 46.4 Å². The van der Waals surface area contributed by atoms with Crippen LogP contribution in [0.2, 0.25) is 5.02 Å². The lowest BCUT2D eigenvalue weighted by atomic mass is 9.95. The number of hydrogen-bond acceptors (Lipinski definition) is 7. The highest BCUT2D eigenvalue weighted by atomic mass is 35.5. The van der Waals surface area contributed by atoms with Crippen LogP contribution in [0.25, 0.3) is 0 Å². The van der Waals surface area contributed by atoms with Crippen molar-refractivity contribution in [3.05, 3.63) is 52.8 Å². The van der Waals surface area contributed by atoms with Gasteiger partial charge in [0, 0.05) is 28.7 Å². The van der Waals surface area contributed by atoms with Gasteiger partial charge in [0.1, 0.15) is 23.6 Å². The first-order chi connectivity index (χ1) is 17.2. The van der Waals surface area contributed by atoms with Crippen LogP contribution in [0, 0.1) is 17.1 Å². The number of nitrogens with one attached hydrogen (secondary N) is 1. The predicted octanol–water partition coefficient (Wildman–Crippen LogP) is 5.92. The Hall–Kier alpha value is -1.96. The van der Waals surface area contributed by atoms with E-state index in [1.165, 1.54) is 12.1 Å². The van der Waals surface area contributed by atoms with Gasteiger partial charge in [-0.15, -0.1) is 11.8 Å². The first-order valence-corrected chi connectivity index (χ1v) is 13.9. The number of carbonyl (C=O) groups excluding carboxylic acids is 1. The minimum absolute atomic E-state index is 0.205. The third-order valence-corrected chi connectivity index (χ3v) is 7.96. The summed E-state index contributed by atoms with van der Waals surface area (Å²) < 4.78 is 28.0. The number of amides is 1. The summed E-state index contributed by atoms with van der Waals surface area (Å²) in [5.74, 6) is 0.440. The molecule has 1 fully saturated rings. The van der Waals surface area contributed by atoms with Crippen molar-refractivity contribution in [2.75, 3.05) is 33.0 Å². The molecule has 1 saturated heterocycles. The third kappa shape index (κ3) is 8.29. The molecule has 2 aromatic rings. The molecular formula is C26H31ClFN3O3S2. The molecule has 3 rings (SSSR count). The predicted molar refractivity (Wildman–Crippen MR) is 143 cm³/mol. The molecule has 194 valence electrons. The van der Waals surface area contributed by atoms with E-state index < -0.39 is 5.60 Å². The minimum atomic E-state index is -0.849. The molecule has 0 saturated carbocycles. The van der Waals surface area contributed by atoms with E-state index in [1.807, 2.05) is 14.1 Å².